The lowest BCUT2D eigenvalue weighted by molar-refractivity contribution is 0.0889. The second-order valence-corrected chi connectivity index (χ2v) is 5.50. The molecule has 0 atom stereocenters. The summed E-state index contributed by atoms with van der Waals surface area (Å²) in [6, 6.07) is 7.96. The van der Waals surface area contributed by atoms with Gasteiger partial charge in [0, 0.05) is 5.56 Å². The summed E-state index contributed by atoms with van der Waals surface area (Å²) in [4.78, 5) is 12.3. The molecule has 2 nitrogen and oxygen atoms in total. The van der Waals surface area contributed by atoms with Crippen molar-refractivity contribution < 1.29 is 4.79 Å². The SMILES string of the molecule is CNC(C)(C)C(=O)c1cccc(CC(C)C)c1. The summed E-state index contributed by atoms with van der Waals surface area (Å²) in [6.07, 6.45) is 1.01. The van der Waals surface area contributed by atoms with Crippen molar-refractivity contribution in [1.82, 2.24) is 5.32 Å². The highest BCUT2D eigenvalue weighted by Crippen LogP contribution is 2.16. The Balaban J connectivity index is 2.96. The minimum absolute atomic E-state index is 0.144. The number of ketones is 1. The average Bonchev–Trinajstić information content (AvgIpc) is 2.27. The Hall–Kier alpha value is -1.15. The van der Waals surface area contributed by atoms with E-state index in [1.54, 1.807) is 0 Å². The van der Waals surface area contributed by atoms with Crippen molar-refractivity contribution in [3.63, 3.8) is 0 Å². The Bertz CT molecular complexity index is 394. The van der Waals surface area contributed by atoms with E-state index in [9.17, 15) is 4.79 Å². The average molecular weight is 233 g/mol. The molecular formula is C15H23NO. The largest absolute Gasteiger partial charge is 0.308 e. The van der Waals surface area contributed by atoms with E-state index in [1.807, 2.05) is 39.1 Å². The molecule has 2 heteroatoms. The third-order valence-electron chi connectivity index (χ3n) is 3.03. The summed E-state index contributed by atoms with van der Waals surface area (Å²) < 4.78 is 0. The molecule has 1 aromatic carbocycles. The maximum absolute atomic E-state index is 12.3. The molecule has 0 aliphatic heterocycles. The van der Waals surface area contributed by atoms with Gasteiger partial charge in [0.15, 0.2) is 5.78 Å². The van der Waals surface area contributed by atoms with Gasteiger partial charge < -0.3 is 5.32 Å². The van der Waals surface area contributed by atoms with E-state index in [1.165, 1.54) is 5.56 Å². The van der Waals surface area contributed by atoms with Crippen LogP contribution in [-0.2, 0) is 6.42 Å². The third kappa shape index (κ3) is 3.67. The van der Waals surface area contributed by atoms with Crippen molar-refractivity contribution in [2.45, 2.75) is 39.7 Å². The molecule has 0 spiro atoms. The molecule has 0 aromatic heterocycles. The van der Waals surface area contributed by atoms with Crippen molar-refractivity contribution in [2.75, 3.05) is 7.05 Å². The maximum atomic E-state index is 12.3. The normalized spacial score (nSPS) is 11.9. The third-order valence-corrected chi connectivity index (χ3v) is 3.03. The molecule has 0 aliphatic rings. The number of rotatable bonds is 5. The second kappa shape index (κ2) is 5.46. The van der Waals surface area contributed by atoms with Crippen LogP contribution in [0.25, 0.3) is 0 Å². The number of carbonyl (C=O) groups excluding carboxylic acids is 1. The molecule has 1 aromatic rings. The Morgan fingerprint density at radius 2 is 2.00 bits per heavy atom. The van der Waals surface area contributed by atoms with Gasteiger partial charge in [-0.2, -0.15) is 0 Å². The fourth-order valence-corrected chi connectivity index (χ4v) is 1.79. The predicted molar refractivity (Wildman–Crippen MR) is 72.5 cm³/mol. The Labute approximate surface area is 104 Å². The van der Waals surface area contributed by atoms with Gasteiger partial charge in [-0.25, -0.2) is 0 Å². The number of Topliss-reactive ketones (excluding diaryl/α,β-unsaturated/α-hetero) is 1. The highest BCUT2D eigenvalue weighted by molar-refractivity contribution is 6.02. The van der Waals surface area contributed by atoms with E-state index in [4.69, 9.17) is 0 Å². The minimum atomic E-state index is -0.504. The maximum Gasteiger partial charge on any atom is 0.182 e. The first-order valence-corrected chi connectivity index (χ1v) is 6.19. The first kappa shape index (κ1) is 13.9. The molecule has 0 saturated carbocycles. The number of nitrogens with one attached hydrogen (secondary N) is 1. The summed E-state index contributed by atoms with van der Waals surface area (Å²) in [7, 11) is 1.82. The highest BCUT2D eigenvalue weighted by atomic mass is 16.1. The monoisotopic (exact) mass is 233 g/mol. The summed E-state index contributed by atoms with van der Waals surface area (Å²) in [5, 5.41) is 3.05. The number of hydrogen-bond acceptors (Lipinski definition) is 2. The van der Waals surface area contributed by atoms with E-state index in [-0.39, 0.29) is 5.78 Å². The summed E-state index contributed by atoms with van der Waals surface area (Å²) >= 11 is 0. The molecule has 0 unspecified atom stereocenters. The molecule has 0 amide bonds. The molecule has 0 aliphatic carbocycles. The highest BCUT2D eigenvalue weighted by Gasteiger charge is 2.26. The zero-order valence-corrected chi connectivity index (χ0v) is 11.5. The number of carbonyl (C=O) groups is 1. The smallest absolute Gasteiger partial charge is 0.182 e. The van der Waals surface area contributed by atoms with Gasteiger partial charge in [0.2, 0.25) is 0 Å². The Kier molecular flexibility index (Phi) is 4.47. The van der Waals surface area contributed by atoms with Crippen LogP contribution in [0.4, 0.5) is 0 Å². The lowest BCUT2D eigenvalue weighted by Crippen LogP contribution is -2.44. The minimum Gasteiger partial charge on any atom is -0.308 e. The van der Waals surface area contributed by atoms with Gasteiger partial charge in [0.25, 0.3) is 0 Å². The number of likely N-dealkylation sites (N-methyl/N-ethyl adjacent to an activating group) is 1. The summed E-state index contributed by atoms with van der Waals surface area (Å²) in [5.74, 6) is 0.753. The van der Waals surface area contributed by atoms with E-state index in [0.29, 0.717) is 5.92 Å². The van der Waals surface area contributed by atoms with Crippen molar-refractivity contribution in [1.29, 1.82) is 0 Å². The van der Waals surface area contributed by atoms with Crippen LogP contribution in [-0.4, -0.2) is 18.4 Å². The van der Waals surface area contributed by atoms with E-state index in [2.05, 4.69) is 25.2 Å². The van der Waals surface area contributed by atoms with Gasteiger partial charge in [0.1, 0.15) is 0 Å². The Morgan fingerprint density at radius 3 is 2.53 bits per heavy atom. The standard InChI is InChI=1S/C15H23NO/c1-11(2)9-12-7-6-8-13(10-12)14(17)15(3,4)16-5/h6-8,10-11,16H,9H2,1-5H3. The fourth-order valence-electron chi connectivity index (χ4n) is 1.79. The lowest BCUT2D eigenvalue weighted by atomic mass is 9.91. The predicted octanol–water partition coefficient (Wildman–Crippen LogP) is 3.07. The summed E-state index contributed by atoms with van der Waals surface area (Å²) in [5.41, 5.74) is 1.52. The van der Waals surface area contributed by atoms with Crippen LogP contribution in [0.15, 0.2) is 24.3 Å². The van der Waals surface area contributed by atoms with Crippen LogP contribution in [0.5, 0.6) is 0 Å². The van der Waals surface area contributed by atoms with Crippen LogP contribution in [0.3, 0.4) is 0 Å². The van der Waals surface area contributed by atoms with Gasteiger partial charge in [-0.1, -0.05) is 32.0 Å². The molecule has 0 saturated heterocycles. The van der Waals surface area contributed by atoms with Crippen molar-refractivity contribution in [2.24, 2.45) is 5.92 Å². The summed E-state index contributed by atoms with van der Waals surface area (Å²) in [6.45, 7) is 8.19. The second-order valence-electron chi connectivity index (χ2n) is 5.50. The van der Waals surface area contributed by atoms with Crippen LogP contribution < -0.4 is 5.32 Å². The van der Waals surface area contributed by atoms with Crippen molar-refractivity contribution >= 4 is 5.78 Å². The van der Waals surface area contributed by atoms with Gasteiger partial charge in [-0.15, -0.1) is 0 Å². The lowest BCUT2D eigenvalue weighted by Gasteiger charge is -2.22. The molecule has 94 valence electrons. The molecule has 17 heavy (non-hydrogen) atoms. The molecule has 0 radical (unpaired) electrons. The van der Waals surface area contributed by atoms with Crippen molar-refractivity contribution in [3.8, 4) is 0 Å². The molecule has 0 fully saturated rings. The first-order valence-electron chi connectivity index (χ1n) is 6.19. The van der Waals surface area contributed by atoms with E-state index >= 15 is 0 Å². The van der Waals surface area contributed by atoms with Gasteiger partial charge in [-0.05, 0) is 44.9 Å². The van der Waals surface area contributed by atoms with Crippen LogP contribution in [0.1, 0.15) is 43.6 Å². The van der Waals surface area contributed by atoms with Gasteiger partial charge in [-0.3, -0.25) is 4.79 Å². The topological polar surface area (TPSA) is 29.1 Å². The van der Waals surface area contributed by atoms with Crippen LogP contribution in [0, 0.1) is 5.92 Å². The van der Waals surface area contributed by atoms with Gasteiger partial charge in [0.05, 0.1) is 5.54 Å². The zero-order chi connectivity index (χ0) is 13.1. The van der Waals surface area contributed by atoms with E-state index in [0.717, 1.165) is 12.0 Å². The van der Waals surface area contributed by atoms with Crippen molar-refractivity contribution in [3.05, 3.63) is 35.4 Å². The zero-order valence-electron chi connectivity index (χ0n) is 11.5. The number of benzene rings is 1. The molecular weight excluding hydrogens is 210 g/mol. The van der Waals surface area contributed by atoms with Crippen LogP contribution >= 0.6 is 0 Å². The Morgan fingerprint density at radius 1 is 1.35 bits per heavy atom. The molecule has 0 bridgehead atoms. The molecule has 0 heterocycles. The van der Waals surface area contributed by atoms with E-state index < -0.39 is 5.54 Å². The molecule has 1 N–H and O–H groups in total. The van der Waals surface area contributed by atoms with Gasteiger partial charge >= 0.3 is 0 Å². The number of hydrogen-bond donors (Lipinski definition) is 1. The quantitative estimate of drug-likeness (QED) is 0.792. The fraction of sp³-hybridized carbons (Fsp3) is 0.533. The van der Waals surface area contributed by atoms with Crippen LogP contribution in [0.2, 0.25) is 0 Å². The molecule has 1 rings (SSSR count). The first-order chi connectivity index (χ1) is 7.86.